The molecule has 0 aromatic carbocycles. The lowest BCUT2D eigenvalue weighted by atomic mass is 10.0. The van der Waals surface area contributed by atoms with Crippen molar-refractivity contribution >= 4 is 17.1 Å². The van der Waals surface area contributed by atoms with Crippen molar-refractivity contribution < 1.29 is 0 Å². The number of hydrogen-bond donors (Lipinski definition) is 1. The van der Waals surface area contributed by atoms with E-state index in [0.29, 0.717) is 5.95 Å². The van der Waals surface area contributed by atoms with Crippen molar-refractivity contribution in [2.45, 2.75) is 52.0 Å². The van der Waals surface area contributed by atoms with Gasteiger partial charge in [0.2, 0.25) is 5.95 Å². The second-order valence-electron chi connectivity index (χ2n) is 5.71. The summed E-state index contributed by atoms with van der Waals surface area (Å²) in [5, 5.41) is 0. The fraction of sp³-hybridized carbons (Fsp3) is 0.600. The fourth-order valence-corrected chi connectivity index (χ4v) is 3.21. The highest BCUT2D eigenvalue weighted by atomic mass is 15.2. The highest BCUT2D eigenvalue weighted by molar-refractivity contribution is 5.77. The van der Waals surface area contributed by atoms with Gasteiger partial charge in [0.1, 0.15) is 5.52 Å². The van der Waals surface area contributed by atoms with E-state index < -0.39 is 0 Å². The van der Waals surface area contributed by atoms with E-state index in [2.05, 4.69) is 21.5 Å². The van der Waals surface area contributed by atoms with Crippen LogP contribution in [0, 0.1) is 12.8 Å². The lowest BCUT2D eigenvalue weighted by Crippen LogP contribution is -2.05. The van der Waals surface area contributed by atoms with E-state index in [-0.39, 0.29) is 0 Å². The molecule has 1 fully saturated rings. The van der Waals surface area contributed by atoms with Crippen molar-refractivity contribution in [3.63, 3.8) is 0 Å². The molecular weight excluding hydrogens is 236 g/mol. The number of nitrogen functional groups attached to an aromatic ring is 1. The van der Waals surface area contributed by atoms with E-state index in [1.54, 1.807) is 0 Å². The molecule has 2 N–H and O–H groups in total. The van der Waals surface area contributed by atoms with Crippen molar-refractivity contribution in [3.05, 3.63) is 17.8 Å². The molecule has 4 heteroatoms. The van der Waals surface area contributed by atoms with Crippen molar-refractivity contribution in [1.82, 2.24) is 14.5 Å². The number of rotatable bonds is 4. The molecule has 4 nitrogen and oxygen atoms in total. The Hall–Kier alpha value is -1.58. The average Bonchev–Trinajstić information content (AvgIpc) is 3.00. The number of hydrogen-bond acceptors (Lipinski definition) is 3. The van der Waals surface area contributed by atoms with E-state index in [0.717, 1.165) is 29.2 Å². The first-order valence-electron chi connectivity index (χ1n) is 7.33. The second kappa shape index (κ2) is 5.19. The summed E-state index contributed by atoms with van der Waals surface area (Å²) in [7, 11) is 0. The summed E-state index contributed by atoms with van der Waals surface area (Å²) in [4.78, 5) is 8.88. The highest BCUT2D eigenvalue weighted by Gasteiger charge is 2.15. The van der Waals surface area contributed by atoms with Gasteiger partial charge in [-0.1, -0.05) is 25.7 Å². The molecule has 2 heterocycles. The van der Waals surface area contributed by atoms with Gasteiger partial charge in [0.25, 0.3) is 0 Å². The predicted octanol–water partition coefficient (Wildman–Crippen LogP) is 3.29. The summed E-state index contributed by atoms with van der Waals surface area (Å²) in [5.41, 5.74) is 9.05. The molecular formula is C15H22N4. The molecule has 0 spiro atoms. The molecule has 0 amide bonds. The van der Waals surface area contributed by atoms with Crippen LogP contribution in [0.4, 0.5) is 5.95 Å². The molecule has 0 atom stereocenters. The van der Waals surface area contributed by atoms with Gasteiger partial charge in [-0.25, -0.2) is 9.97 Å². The van der Waals surface area contributed by atoms with Gasteiger partial charge in [-0.2, -0.15) is 0 Å². The van der Waals surface area contributed by atoms with Gasteiger partial charge in [0, 0.05) is 12.7 Å². The topological polar surface area (TPSA) is 56.7 Å². The van der Waals surface area contributed by atoms with Gasteiger partial charge in [0.05, 0.1) is 0 Å². The third kappa shape index (κ3) is 2.44. The van der Waals surface area contributed by atoms with Crippen LogP contribution in [0.3, 0.4) is 0 Å². The van der Waals surface area contributed by atoms with Gasteiger partial charge in [0.15, 0.2) is 5.65 Å². The maximum absolute atomic E-state index is 6.03. The third-order valence-corrected chi connectivity index (χ3v) is 4.33. The van der Waals surface area contributed by atoms with Crippen LogP contribution in [0.15, 0.2) is 12.3 Å². The first-order valence-corrected chi connectivity index (χ1v) is 7.33. The minimum absolute atomic E-state index is 0.600. The molecule has 1 aliphatic rings. The van der Waals surface area contributed by atoms with Crippen molar-refractivity contribution in [1.29, 1.82) is 0 Å². The van der Waals surface area contributed by atoms with Gasteiger partial charge in [-0.05, 0) is 37.3 Å². The third-order valence-electron chi connectivity index (χ3n) is 4.33. The standard InChI is InChI=1S/C15H22N4/c1-11-8-9-17-14-13(11)18-15(16)19(14)10-4-7-12-5-2-3-6-12/h8-9,12H,2-7,10H2,1H3,(H2,16,18). The van der Waals surface area contributed by atoms with Crippen LogP contribution in [0.25, 0.3) is 11.2 Å². The Balaban J connectivity index is 1.73. The Morgan fingerprint density at radius 3 is 2.95 bits per heavy atom. The minimum atomic E-state index is 0.600. The molecule has 102 valence electrons. The Morgan fingerprint density at radius 2 is 2.16 bits per heavy atom. The predicted molar refractivity (Wildman–Crippen MR) is 77.9 cm³/mol. The van der Waals surface area contributed by atoms with E-state index in [9.17, 15) is 0 Å². The van der Waals surface area contributed by atoms with Gasteiger partial charge < -0.3 is 5.73 Å². The lowest BCUT2D eigenvalue weighted by Gasteiger charge is -2.10. The van der Waals surface area contributed by atoms with Crippen LogP contribution in [0.5, 0.6) is 0 Å². The number of nitrogens with zero attached hydrogens (tertiary/aromatic N) is 3. The van der Waals surface area contributed by atoms with Crippen molar-refractivity contribution in [3.8, 4) is 0 Å². The first-order chi connectivity index (χ1) is 9.25. The molecule has 3 rings (SSSR count). The zero-order valence-corrected chi connectivity index (χ0v) is 11.6. The maximum Gasteiger partial charge on any atom is 0.202 e. The Bertz CT molecular complexity index is 567. The van der Waals surface area contributed by atoms with E-state index >= 15 is 0 Å². The largest absolute Gasteiger partial charge is 0.369 e. The summed E-state index contributed by atoms with van der Waals surface area (Å²) < 4.78 is 2.07. The van der Waals surface area contributed by atoms with Crippen LogP contribution >= 0.6 is 0 Å². The summed E-state index contributed by atoms with van der Waals surface area (Å²) >= 11 is 0. The normalized spacial score (nSPS) is 16.5. The molecule has 1 saturated carbocycles. The second-order valence-corrected chi connectivity index (χ2v) is 5.71. The van der Waals surface area contributed by atoms with E-state index in [1.807, 2.05) is 12.3 Å². The number of anilines is 1. The molecule has 1 aliphatic carbocycles. The van der Waals surface area contributed by atoms with Crippen LogP contribution in [0.1, 0.15) is 44.1 Å². The SMILES string of the molecule is Cc1ccnc2c1nc(N)n2CCCC1CCCC1. The highest BCUT2D eigenvalue weighted by Crippen LogP contribution is 2.29. The molecule has 0 saturated heterocycles. The minimum Gasteiger partial charge on any atom is -0.369 e. The van der Waals surface area contributed by atoms with E-state index in [4.69, 9.17) is 5.73 Å². The zero-order chi connectivity index (χ0) is 13.2. The zero-order valence-electron chi connectivity index (χ0n) is 11.6. The molecule has 0 bridgehead atoms. The Labute approximate surface area is 114 Å². The van der Waals surface area contributed by atoms with Crippen LogP contribution in [0.2, 0.25) is 0 Å². The van der Waals surface area contributed by atoms with Crippen LogP contribution < -0.4 is 5.73 Å². The van der Waals surface area contributed by atoms with Gasteiger partial charge in [-0.3, -0.25) is 4.57 Å². The molecule has 0 aliphatic heterocycles. The number of imidazole rings is 1. The molecule has 2 aromatic rings. The van der Waals surface area contributed by atoms with Crippen molar-refractivity contribution in [2.24, 2.45) is 5.92 Å². The van der Waals surface area contributed by atoms with Gasteiger partial charge >= 0.3 is 0 Å². The number of nitrogens with two attached hydrogens (primary N) is 1. The average molecular weight is 258 g/mol. The summed E-state index contributed by atoms with van der Waals surface area (Å²) in [5.74, 6) is 1.54. The quantitative estimate of drug-likeness (QED) is 0.915. The maximum atomic E-state index is 6.03. The van der Waals surface area contributed by atoms with Gasteiger partial charge in [-0.15, -0.1) is 0 Å². The van der Waals surface area contributed by atoms with Crippen LogP contribution in [-0.2, 0) is 6.54 Å². The van der Waals surface area contributed by atoms with Crippen molar-refractivity contribution in [2.75, 3.05) is 5.73 Å². The molecule has 0 unspecified atom stereocenters. The summed E-state index contributed by atoms with van der Waals surface area (Å²) in [6.45, 7) is 2.99. The molecule has 0 radical (unpaired) electrons. The summed E-state index contributed by atoms with van der Waals surface area (Å²) in [6.07, 6.45) is 9.99. The fourth-order valence-electron chi connectivity index (χ4n) is 3.21. The number of aromatic nitrogens is 3. The Morgan fingerprint density at radius 1 is 1.37 bits per heavy atom. The molecule has 2 aromatic heterocycles. The number of aryl methyl sites for hydroxylation is 2. The number of pyridine rings is 1. The monoisotopic (exact) mass is 258 g/mol. The smallest absolute Gasteiger partial charge is 0.202 e. The lowest BCUT2D eigenvalue weighted by molar-refractivity contribution is 0.462. The number of fused-ring (bicyclic) bond motifs is 1. The van der Waals surface area contributed by atoms with E-state index in [1.165, 1.54) is 38.5 Å². The molecule has 19 heavy (non-hydrogen) atoms. The van der Waals surface area contributed by atoms with Crippen LogP contribution in [-0.4, -0.2) is 14.5 Å². The first kappa shape index (κ1) is 12.5. The summed E-state index contributed by atoms with van der Waals surface area (Å²) in [6, 6.07) is 1.98. The Kier molecular flexibility index (Phi) is 3.40.